The van der Waals surface area contributed by atoms with Crippen molar-refractivity contribution >= 4 is 11.9 Å². The SMILES string of the molecule is C[C@H](OC(=O)c1ccc(-c2ccc(O)cc2)cc1)C(=O)NCCC1=CCCCC1. The molecule has 1 atom stereocenters. The zero-order chi connectivity index (χ0) is 20.6. The van der Waals surface area contributed by atoms with E-state index >= 15 is 0 Å². The first-order valence-corrected chi connectivity index (χ1v) is 10.1. The summed E-state index contributed by atoms with van der Waals surface area (Å²) in [5.74, 6) is -0.605. The molecule has 3 rings (SSSR count). The van der Waals surface area contributed by atoms with E-state index in [1.165, 1.54) is 18.4 Å². The maximum atomic E-state index is 12.3. The molecular weight excluding hydrogens is 366 g/mol. The standard InChI is InChI=1S/C24H27NO4/c1-17(23(27)25-16-15-18-5-3-2-4-6-18)29-24(28)21-9-7-19(8-10-21)20-11-13-22(26)14-12-20/h5,7-14,17,26H,2-4,6,15-16H2,1H3,(H,25,27)/t17-/m0/s1. The van der Waals surface area contributed by atoms with Crippen LogP contribution in [0.4, 0.5) is 0 Å². The molecular formula is C24H27NO4. The molecule has 0 heterocycles. The Labute approximate surface area is 171 Å². The van der Waals surface area contributed by atoms with Gasteiger partial charge in [0.1, 0.15) is 5.75 Å². The zero-order valence-electron chi connectivity index (χ0n) is 16.7. The maximum absolute atomic E-state index is 12.3. The van der Waals surface area contributed by atoms with Crippen LogP contribution in [0.2, 0.25) is 0 Å². The lowest BCUT2D eigenvalue weighted by Crippen LogP contribution is -2.36. The molecule has 0 radical (unpaired) electrons. The lowest BCUT2D eigenvalue weighted by molar-refractivity contribution is -0.129. The number of carbonyl (C=O) groups is 2. The van der Waals surface area contributed by atoms with Gasteiger partial charge in [-0.2, -0.15) is 0 Å². The van der Waals surface area contributed by atoms with Crippen molar-refractivity contribution in [3.05, 3.63) is 65.7 Å². The Hall–Kier alpha value is -3.08. The number of allylic oxidation sites excluding steroid dienone is 1. The number of nitrogens with one attached hydrogen (secondary N) is 1. The molecule has 0 aromatic heterocycles. The molecule has 0 bridgehead atoms. The Morgan fingerprint density at radius 1 is 1.03 bits per heavy atom. The Bertz CT molecular complexity index is 869. The second-order valence-electron chi connectivity index (χ2n) is 7.32. The average molecular weight is 393 g/mol. The molecule has 5 heteroatoms. The quantitative estimate of drug-likeness (QED) is 0.532. The first-order valence-electron chi connectivity index (χ1n) is 10.1. The third kappa shape index (κ3) is 5.95. The molecule has 0 saturated carbocycles. The summed E-state index contributed by atoms with van der Waals surface area (Å²) in [6.07, 6.45) is 6.98. The van der Waals surface area contributed by atoms with Crippen molar-refractivity contribution in [1.82, 2.24) is 5.32 Å². The number of aromatic hydroxyl groups is 1. The maximum Gasteiger partial charge on any atom is 0.338 e. The van der Waals surface area contributed by atoms with E-state index in [2.05, 4.69) is 11.4 Å². The molecule has 2 N–H and O–H groups in total. The average Bonchev–Trinajstić information content (AvgIpc) is 2.75. The number of esters is 1. The van der Waals surface area contributed by atoms with Gasteiger partial charge in [0.2, 0.25) is 0 Å². The molecule has 0 aliphatic heterocycles. The van der Waals surface area contributed by atoms with Gasteiger partial charge in [-0.15, -0.1) is 0 Å². The number of ether oxygens (including phenoxy) is 1. The lowest BCUT2D eigenvalue weighted by atomic mass is 9.97. The molecule has 29 heavy (non-hydrogen) atoms. The first kappa shape index (κ1) is 20.6. The van der Waals surface area contributed by atoms with Gasteiger partial charge < -0.3 is 15.2 Å². The summed E-state index contributed by atoms with van der Waals surface area (Å²) < 4.78 is 5.30. The van der Waals surface area contributed by atoms with Gasteiger partial charge >= 0.3 is 5.97 Å². The minimum Gasteiger partial charge on any atom is -0.508 e. The van der Waals surface area contributed by atoms with Crippen molar-refractivity contribution in [3.63, 3.8) is 0 Å². The third-order valence-electron chi connectivity index (χ3n) is 5.10. The second-order valence-corrected chi connectivity index (χ2v) is 7.32. The van der Waals surface area contributed by atoms with Gasteiger partial charge in [0.25, 0.3) is 5.91 Å². The third-order valence-corrected chi connectivity index (χ3v) is 5.10. The highest BCUT2D eigenvalue weighted by atomic mass is 16.5. The molecule has 0 fully saturated rings. The van der Waals surface area contributed by atoms with Crippen molar-refractivity contribution in [1.29, 1.82) is 0 Å². The molecule has 5 nitrogen and oxygen atoms in total. The summed E-state index contributed by atoms with van der Waals surface area (Å²) in [5, 5.41) is 12.2. The van der Waals surface area contributed by atoms with Crippen molar-refractivity contribution in [2.24, 2.45) is 0 Å². The van der Waals surface area contributed by atoms with Crippen molar-refractivity contribution < 1.29 is 19.4 Å². The Morgan fingerprint density at radius 3 is 2.31 bits per heavy atom. The number of phenolic OH excluding ortho intramolecular Hbond substituents is 1. The van der Waals surface area contributed by atoms with Gasteiger partial charge in [0.05, 0.1) is 5.56 Å². The van der Waals surface area contributed by atoms with E-state index in [9.17, 15) is 14.7 Å². The number of phenols is 1. The smallest absolute Gasteiger partial charge is 0.338 e. The van der Waals surface area contributed by atoms with E-state index < -0.39 is 12.1 Å². The van der Waals surface area contributed by atoms with E-state index in [-0.39, 0.29) is 11.7 Å². The number of hydrogen-bond donors (Lipinski definition) is 2. The molecule has 1 aliphatic carbocycles. The molecule has 1 aliphatic rings. The first-order chi connectivity index (χ1) is 14.0. The minimum absolute atomic E-state index is 0.205. The molecule has 2 aromatic carbocycles. The van der Waals surface area contributed by atoms with Gasteiger partial charge in [-0.3, -0.25) is 4.79 Å². The van der Waals surface area contributed by atoms with Crippen LogP contribution in [0.3, 0.4) is 0 Å². The fourth-order valence-electron chi connectivity index (χ4n) is 3.36. The van der Waals surface area contributed by atoms with Crippen LogP contribution in [0, 0.1) is 0 Å². The van der Waals surface area contributed by atoms with E-state index in [1.54, 1.807) is 43.3 Å². The summed E-state index contributed by atoms with van der Waals surface area (Å²) >= 11 is 0. The van der Waals surface area contributed by atoms with Gasteiger partial charge in [0.15, 0.2) is 6.10 Å². The van der Waals surface area contributed by atoms with Gasteiger partial charge in [-0.25, -0.2) is 4.79 Å². The molecule has 152 valence electrons. The highest BCUT2D eigenvalue weighted by molar-refractivity contribution is 5.92. The highest BCUT2D eigenvalue weighted by Gasteiger charge is 2.18. The topological polar surface area (TPSA) is 75.6 Å². The molecule has 0 saturated heterocycles. The number of rotatable bonds is 7. The van der Waals surface area contributed by atoms with Crippen LogP contribution in [0.25, 0.3) is 11.1 Å². The summed E-state index contributed by atoms with van der Waals surface area (Å²) in [5.41, 5.74) is 3.64. The molecule has 1 amide bonds. The fourth-order valence-corrected chi connectivity index (χ4v) is 3.36. The summed E-state index contributed by atoms with van der Waals surface area (Å²) in [4.78, 5) is 24.5. The minimum atomic E-state index is -0.848. The predicted molar refractivity (Wildman–Crippen MR) is 113 cm³/mol. The summed E-state index contributed by atoms with van der Waals surface area (Å²) in [6.45, 7) is 2.14. The van der Waals surface area contributed by atoms with E-state index in [1.807, 2.05) is 12.1 Å². The normalized spacial score (nSPS) is 14.6. The van der Waals surface area contributed by atoms with Crippen molar-refractivity contribution in [2.45, 2.75) is 45.1 Å². The van der Waals surface area contributed by atoms with E-state index in [4.69, 9.17) is 4.74 Å². The summed E-state index contributed by atoms with van der Waals surface area (Å²) in [7, 11) is 0. The number of amides is 1. The number of hydrogen-bond acceptors (Lipinski definition) is 4. The van der Waals surface area contributed by atoms with Crippen LogP contribution in [-0.4, -0.2) is 29.6 Å². The van der Waals surface area contributed by atoms with E-state index in [0.717, 1.165) is 30.4 Å². The Morgan fingerprint density at radius 2 is 1.69 bits per heavy atom. The Kier molecular flexibility index (Phi) is 7.06. The van der Waals surface area contributed by atoms with Gasteiger partial charge in [0, 0.05) is 6.54 Å². The van der Waals surface area contributed by atoms with Gasteiger partial charge in [-0.05, 0) is 74.4 Å². The van der Waals surface area contributed by atoms with Crippen molar-refractivity contribution in [3.8, 4) is 16.9 Å². The predicted octanol–water partition coefficient (Wildman–Crippen LogP) is 4.61. The fraction of sp³-hybridized carbons (Fsp3) is 0.333. The lowest BCUT2D eigenvalue weighted by Gasteiger charge is -2.15. The summed E-state index contributed by atoms with van der Waals surface area (Å²) in [6, 6.07) is 13.8. The van der Waals surface area contributed by atoms with Crippen LogP contribution in [0.1, 0.15) is 49.4 Å². The van der Waals surface area contributed by atoms with Crippen LogP contribution >= 0.6 is 0 Å². The van der Waals surface area contributed by atoms with Crippen molar-refractivity contribution in [2.75, 3.05) is 6.54 Å². The molecule has 2 aromatic rings. The zero-order valence-corrected chi connectivity index (χ0v) is 16.7. The second kappa shape index (κ2) is 9.92. The number of benzene rings is 2. The van der Waals surface area contributed by atoms with Gasteiger partial charge in [-0.1, -0.05) is 35.9 Å². The van der Waals surface area contributed by atoms with Crippen LogP contribution in [-0.2, 0) is 9.53 Å². The molecule has 0 unspecified atom stereocenters. The van der Waals surface area contributed by atoms with Crippen LogP contribution in [0.15, 0.2) is 60.2 Å². The van der Waals surface area contributed by atoms with Crippen LogP contribution in [0.5, 0.6) is 5.75 Å². The van der Waals surface area contributed by atoms with E-state index in [0.29, 0.717) is 12.1 Å². The highest BCUT2D eigenvalue weighted by Crippen LogP contribution is 2.22. The van der Waals surface area contributed by atoms with Crippen LogP contribution < -0.4 is 5.32 Å². The Balaban J connectivity index is 1.48. The number of carbonyl (C=O) groups excluding carboxylic acids is 2. The molecule has 0 spiro atoms. The largest absolute Gasteiger partial charge is 0.508 e. The monoisotopic (exact) mass is 393 g/mol.